The number of ether oxygens (including phenoxy) is 2. The minimum absolute atomic E-state index is 0.103. The van der Waals surface area contributed by atoms with Crippen molar-refractivity contribution in [2.75, 3.05) is 11.5 Å². The average molecular weight is 553 g/mol. The van der Waals surface area contributed by atoms with Crippen LogP contribution in [0.1, 0.15) is 23.6 Å². The van der Waals surface area contributed by atoms with E-state index in [1.165, 1.54) is 18.2 Å². The van der Waals surface area contributed by atoms with Gasteiger partial charge in [-0.05, 0) is 88.9 Å². The van der Waals surface area contributed by atoms with Crippen LogP contribution < -0.4 is 19.7 Å². The Bertz CT molecular complexity index is 1390. The SMILES string of the molecule is CCOc1cc(/C=C2\C(=O)NC(=O)N(c3cccc(C)c3)C2=O)cc(Br)c1OCc1cccc(F)c1. The van der Waals surface area contributed by atoms with Gasteiger partial charge < -0.3 is 9.47 Å². The molecular weight excluding hydrogens is 531 g/mol. The van der Waals surface area contributed by atoms with Crippen LogP contribution >= 0.6 is 15.9 Å². The largest absolute Gasteiger partial charge is 0.490 e. The molecule has 36 heavy (non-hydrogen) atoms. The molecule has 3 aromatic rings. The maximum atomic E-state index is 13.5. The molecule has 3 aromatic carbocycles. The second-order valence-electron chi connectivity index (χ2n) is 7.98. The van der Waals surface area contributed by atoms with Gasteiger partial charge in [0.15, 0.2) is 11.5 Å². The first-order chi connectivity index (χ1) is 17.3. The third-order valence-electron chi connectivity index (χ3n) is 5.28. The number of nitrogens with one attached hydrogen (secondary N) is 1. The lowest BCUT2D eigenvalue weighted by molar-refractivity contribution is -0.122. The molecule has 0 bridgehead atoms. The van der Waals surface area contributed by atoms with Crippen molar-refractivity contribution in [3.63, 3.8) is 0 Å². The zero-order chi connectivity index (χ0) is 25.8. The van der Waals surface area contributed by atoms with Gasteiger partial charge in [-0.2, -0.15) is 0 Å². The molecule has 9 heteroatoms. The minimum Gasteiger partial charge on any atom is -0.490 e. The molecule has 1 heterocycles. The lowest BCUT2D eigenvalue weighted by Gasteiger charge is -2.26. The van der Waals surface area contributed by atoms with E-state index in [4.69, 9.17) is 9.47 Å². The standard InChI is InChI=1S/C27H22BrFN2O5/c1-3-35-23-14-18(13-22(28)24(23)36-15-17-7-5-8-19(29)11-17)12-21-25(32)30-27(34)31(26(21)33)20-9-4-6-16(2)10-20/h4-14H,3,15H2,1-2H3,(H,30,32,34)/b21-12+. The molecular formula is C27H22BrFN2O5. The number of aryl methyl sites for hydroxylation is 1. The summed E-state index contributed by atoms with van der Waals surface area (Å²) < 4.78 is 25.6. The van der Waals surface area contributed by atoms with Crippen LogP contribution in [0.2, 0.25) is 0 Å². The molecule has 0 atom stereocenters. The fourth-order valence-electron chi connectivity index (χ4n) is 3.68. The normalized spacial score (nSPS) is 14.7. The summed E-state index contributed by atoms with van der Waals surface area (Å²) in [4.78, 5) is 39.1. The van der Waals surface area contributed by atoms with Gasteiger partial charge >= 0.3 is 6.03 Å². The number of carbonyl (C=O) groups is 3. The summed E-state index contributed by atoms with van der Waals surface area (Å²) in [6.45, 7) is 4.07. The minimum atomic E-state index is -0.815. The van der Waals surface area contributed by atoms with Crippen molar-refractivity contribution in [1.82, 2.24) is 5.32 Å². The van der Waals surface area contributed by atoms with Gasteiger partial charge in [0, 0.05) is 0 Å². The molecule has 4 amide bonds. The number of imide groups is 2. The number of carbonyl (C=O) groups excluding carboxylic acids is 3. The van der Waals surface area contributed by atoms with Crippen molar-refractivity contribution in [1.29, 1.82) is 0 Å². The van der Waals surface area contributed by atoms with Gasteiger partial charge in [-0.1, -0.05) is 24.3 Å². The Morgan fingerprint density at radius 3 is 2.53 bits per heavy atom. The fourth-order valence-corrected chi connectivity index (χ4v) is 4.26. The highest BCUT2D eigenvalue weighted by Crippen LogP contribution is 2.38. The van der Waals surface area contributed by atoms with Crippen molar-refractivity contribution in [2.24, 2.45) is 0 Å². The molecule has 4 rings (SSSR count). The molecule has 0 radical (unpaired) electrons. The molecule has 0 spiro atoms. The maximum Gasteiger partial charge on any atom is 0.335 e. The lowest BCUT2D eigenvalue weighted by Crippen LogP contribution is -2.54. The Morgan fingerprint density at radius 1 is 1.03 bits per heavy atom. The quantitative estimate of drug-likeness (QED) is 0.307. The highest BCUT2D eigenvalue weighted by molar-refractivity contribution is 9.10. The van der Waals surface area contributed by atoms with E-state index in [0.717, 1.165) is 10.5 Å². The van der Waals surface area contributed by atoms with E-state index in [2.05, 4.69) is 21.2 Å². The van der Waals surface area contributed by atoms with Crippen molar-refractivity contribution in [3.8, 4) is 11.5 Å². The molecule has 1 aliphatic heterocycles. The summed E-state index contributed by atoms with van der Waals surface area (Å²) in [5.74, 6) is -1.15. The van der Waals surface area contributed by atoms with E-state index < -0.39 is 17.8 Å². The highest BCUT2D eigenvalue weighted by atomic mass is 79.9. The smallest absolute Gasteiger partial charge is 0.335 e. The maximum absolute atomic E-state index is 13.5. The molecule has 0 aliphatic carbocycles. The monoisotopic (exact) mass is 552 g/mol. The number of amides is 4. The van der Waals surface area contributed by atoms with E-state index in [0.29, 0.717) is 39.4 Å². The Labute approximate surface area is 215 Å². The lowest BCUT2D eigenvalue weighted by atomic mass is 10.1. The number of rotatable bonds is 7. The van der Waals surface area contributed by atoms with E-state index in [1.54, 1.807) is 49.4 Å². The van der Waals surface area contributed by atoms with Gasteiger partial charge in [0.1, 0.15) is 18.0 Å². The van der Waals surface area contributed by atoms with Gasteiger partial charge in [0.2, 0.25) is 0 Å². The molecule has 1 fully saturated rings. The molecule has 1 saturated heterocycles. The summed E-state index contributed by atoms with van der Waals surface area (Å²) in [5.41, 5.74) is 2.11. The van der Waals surface area contributed by atoms with E-state index in [1.807, 2.05) is 13.0 Å². The number of hydrogen-bond acceptors (Lipinski definition) is 5. The van der Waals surface area contributed by atoms with E-state index in [-0.39, 0.29) is 18.0 Å². The zero-order valence-electron chi connectivity index (χ0n) is 19.5. The predicted octanol–water partition coefficient (Wildman–Crippen LogP) is 5.54. The summed E-state index contributed by atoms with van der Waals surface area (Å²) in [6, 6.07) is 15.4. The van der Waals surface area contributed by atoms with Crippen LogP contribution in [-0.2, 0) is 16.2 Å². The zero-order valence-corrected chi connectivity index (χ0v) is 21.1. The van der Waals surface area contributed by atoms with E-state index >= 15 is 0 Å². The second kappa shape index (κ2) is 10.7. The summed E-state index contributed by atoms with van der Waals surface area (Å²) >= 11 is 3.46. The van der Waals surface area contributed by atoms with Crippen LogP contribution in [0, 0.1) is 12.7 Å². The van der Waals surface area contributed by atoms with Crippen LogP contribution in [0.25, 0.3) is 6.08 Å². The molecule has 0 unspecified atom stereocenters. The Morgan fingerprint density at radius 2 is 1.81 bits per heavy atom. The number of halogens is 2. The van der Waals surface area contributed by atoms with Crippen molar-refractivity contribution in [2.45, 2.75) is 20.5 Å². The number of hydrogen-bond donors (Lipinski definition) is 1. The van der Waals surface area contributed by atoms with Crippen LogP contribution in [0.15, 0.2) is 70.7 Å². The number of nitrogens with zero attached hydrogens (tertiary/aromatic N) is 1. The first-order valence-electron chi connectivity index (χ1n) is 11.1. The first-order valence-corrected chi connectivity index (χ1v) is 11.9. The molecule has 7 nitrogen and oxygen atoms in total. The van der Waals surface area contributed by atoms with E-state index in [9.17, 15) is 18.8 Å². The number of urea groups is 1. The Hall–Kier alpha value is -3.98. The van der Waals surface area contributed by atoms with Crippen molar-refractivity contribution >= 4 is 45.5 Å². The second-order valence-corrected chi connectivity index (χ2v) is 8.83. The predicted molar refractivity (Wildman–Crippen MR) is 136 cm³/mol. The fraction of sp³-hybridized carbons (Fsp3) is 0.148. The Balaban J connectivity index is 1.66. The van der Waals surface area contributed by atoms with Gasteiger partial charge in [-0.25, -0.2) is 14.1 Å². The average Bonchev–Trinajstić information content (AvgIpc) is 2.81. The number of barbiturate groups is 1. The van der Waals surface area contributed by atoms with Crippen molar-refractivity contribution < 1.29 is 28.2 Å². The molecule has 1 aliphatic rings. The van der Waals surface area contributed by atoms with Crippen LogP contribution in [0.4, 0.5) is 14.9 Å². The van der Waals surface area contributed by atoms with Gasteiger partial charge in [-0.15, -0.1) is 0 Å². The summed E-state index contributed by atoms with van der Waals surface area (Å²) in [5, 5.41) is 2.22. The molecule has 0 aromatic heterocycles. The third-order valence-corrected chi connectivity index (χ3v) is 5.87. The first kappa shape index (κ1) is 25.1. The highest BCUT2D eigenvalue weighted by Gasteiger charge is 2.37. The topological polar surface area (TPSA) is 84.9 Å². The molecule has 1 N–H and O–H groups in total. The van der Waals surface area contributed by atoms with Crippen LogP contribution in [0.5, 0.6) is 11.5 Å². The summed E-state index contributed by atoms with van der Waals surface area (Å²) in [7, 11) is 0. The summed E-state index contributed by atoms with van der Waals surface area (Å²) in [6.07, 6.45) is 1.39. The van der Waals surface area contributed by atoms with Crippen molar-refractivity contribution in [3.05, 3.63) is 93.2 Å². The third kappa shape index (κ3) is 5.46. The van der Waals surface area contributed by atoms with Gasteiger partial charge in [0.05, 0.1) is 16.8 Å². The molecule has 0 saturated carbocycles. The Kier molecular flexibility index (Phi) is 7.49. The van der Waals surface area contributed by atoms with Crippen LogP contribution in [0.3, 0.4) is 0 Å². The van der Waals surface area contributed by atoms with Gasteiger partial charge in [-0.3, -0.25) is 14.9 Å². The van der Waals surface area contributed by atoms with Crippen LogP contribution in [-0.4, -0.2) is 24.5 Å². The number of benzene rings is 3. The number of anilines is 1. The molecule has 184 valence electrons. The van der Waals surface area contributed by atoms with Gasteiger partial charge in [0.25, 0.3) is 11.8 Å².